The number of amides is 1. The highest BCUT2D eigenvalue weighted by Crippen LogP contribution is 2.24. The molecule has 1 aliphatic carbocycles. The molecule has 0 aromatic heterocycles. The third kappa shape index (κ3) is 3.33. The van der Waals surface area contributed by atoms with Crippen LogP contribution in [0.5, 0.6) is 0 Å². The second-order valence-electron chi connectivity index (χ2n) is 5.33. The molecule has 1 amide bonds. The highest BCUT2D eigenvalue weighted by Gasteiger charge is 2.21. The summed E-state index contributed by atoms with van der Waals surface area (Å²) in [5.74, 6) is 0.730. The summed E-state index contributed by atoms with van der Waals surface area (Å²) < 4.78 is 0. The minimum Gasteiger partial charge on any atom is -0.341 e. The molecule has 1 fully saturated rings. The summed E-state index contributed by atoms with van der Waals surface area (Å²) in [4.78, 5) is 14.0. The van der Waals surface area contributed by atoms with Crippen LogP contribution in [0.15, 0.2) is 30.3 Å². The fourth-order valence-corrected chi connectivity index (χ4v) is 2.64. The smallest absolute Gasteiger partial charge is 0.253 e. The number of carbonyl (C=O) groups is 1. The van der Waals surface area contributed by atoms with Crippen molar-refractivity contribution >= 4 is 5.91 Å². The van der Waals surface area contributed by atoms with Gasteiger partial charge < -0.3 is 10.6 Å². The van der Waals surface area contributed by atoms with Crippen LogP contribution in [-0.2, 0) is 0 Å². The molecule has 0 bridgehead atoms. The minimum absolute atomic E-state index is 0.116. The molecule has 0 heterocycles. The molecule has 1 saturated carbocycles. The van der Waals surface area contributed by atoms with E-state index in [1.54, 1.807) is 0 Å². The maximum absolute atomic E-state index is 12.2. The van der Waals surface area contributed by atoms with Gasteiger partial charge in [0, 0.05) is 25.2 Å². The molecule has 0 spiro atoms. The minimum atomic E-state index is 0.116. The second-order valence-corrected chi connectivity index (χ2v) is 5.33. The molecule has 18 heavy (non-hydrogen) atoms. The third-order valence-corrected chi connectivity index (χ3v) is 3.79. The number of nitrogens with two attached hydrogens (primary N) is 1. The summed E-state index contributed by atoms with van der Waals surface area (Å²) in [6.45, 7) is 0.848. The Bertz CT molecular complexity index is 383. The van der Waals surface area contributed by atoms with Crippen molar-refractivity contribution in [3.05, 3.63) is 35.9 Å². The predicted molar refractivity (Wildman–Crippen MR) is 73.3 cm³/mol. The number of carbonyl (C=O) groups excluding carboxylic acids is 1. The van der Waals surface area contributed by atoms with Crippen LogP contribution >= 0.6 is 0 Å². The summed E-state index contributed by atoms with van der Waals surface area (Å²) in [7, 11) is 1.89. The zero-order valence-electron chi connectivity index (χ0n) is 11.0. The Morgan fingerprint density at radius 1 is 1.22 bits per heavy atom. The first kappa shape index (κ1) is 13.1. The van der Waals surface area contributed by atoms with Gasteiger partial charge in [-0.2, -0.15) is 0 Å². The van der Waals surface area contributed by atoms with E-state index >= 15 is 0 Å². The van der Waals surface area contributed by atoms with Gasteiger partial charge in [-0.15, -0.1) is 0 Å². The SMILES string of the molecule is CN(CC1CCC(N)CC1)C(=O)c1ccccc1. The van der Waals surface area contributed by atoms with Gasteiger partial charge in [-0.1, -0.05) is 18.2 Å². The Kier molecular flexibility index (Phi) is 4.37. The van der Waals surface area contributed by atoms with E-state index in [0.717, 1.165) is 37.8 Å². The molecular weight excluding hydrogens is 224 g/mol. The fourth-order valence-electron chi connectivity index (χ4n) is 2.64. The molecule has 2 N–H and O–H groups in total. The average Bonchev–Trinajstić information content (AvgIpc) is 2.41. The summed E-state index contributed by atoms with van der Waals surface area (Å²) in [5, 5.41) is 0. The molecule has 0 aliphatic heterocycles. The van der Waals surface area contributed by atoms with Gasteiger partial charge in [-0.3, -0.25) is 4.79 Å². The van der Waals surface area contributed by atoms with Crippen LogP contribution in [-0.4, -0.2) is 30.4 Å². The first-order valence-electron chi connectivity index (χ1n) is 6.73. The average molecular weight is 246 g/mol. The molecule has 2 rings (SSSR count). The van der Waals surface area contributed by atoms with Crippen molar-refractivity contribution in [1.29, 1.82) is 0 Å². The van der Waals surface area contributed by atoms with Gasteiger partial charge in [0.15, 0.2) is 0 Å². The van der Waals surface area contributed by atoms with E-state index < -0.39 is 0 Å². The molecule has 0 saturated heterocycles. The molecule has 98 valence electrons. The molecule has 0 atom stereocenters. The van der Waals surface area contributed by atoms with Crippen LogP contribution in [0.1, 0.15) is 36.0 Å². The highest BCUT2D eigenvalue weighted by molar-refractivity contribution is 5.93. The molecule has 1 aliphatic rings. The summed E-state index contributed by atoms with van der Waals surface area (Å²) in [6.07, 6.45) is 4.48. The quantitative estimate of drug-likeness (QED) is 0.889. The number of rotatable bonds is 3. The first-order chi connectivity index (χ1) is 8.66. The normalized spacial score (nSPS) is 23.7. The van der Waals surface area contributed by atoms with E-state index in [2.05, 4.69) is 0 Å². The van der Waals surface area contributed by atoms with E-state index in [0.29, 0.717) is 12.0 Å². The standard InChI is InChI=1S/C15H22N2O/c1-17(11-12-7-9-14(16)10-8-12)15(18)13-5-3-2-4-6-13/h2-6,12,14H,7-11,16H2,1H3. The summed E-state index contributed by atoms with van der Waals surface area (Å²) in [6, 6.07) is 9.85. The van der Waals surface area contributed by atoms with E-state index in [1.165, 1.54) is 0 Å². The lowest BCUT2D eigenvalue weighted by Crippen LogP contribution is -2.35. The topological polar surface area (TPSA) is 46.3 Å². The van der Waals surface area contributed by atoms with Crippen molar-refractivity contribution in [2.24, 2.45) is 11.7 Å². The molecule has 3 nitrogen and oxygen atoms in total. The lowest BCUT2D eigenvalue weighted by atomic mass is 9.86. The van der Waals surface area contributed by atoms with E-state index in [9.17, 15) is 4.79 Å². The van der Waals surface area contributed by atoms with Crippen LogP contribution in [0.4, 0.5) is 0 Å². The van der Waals surface area contributed by atoms with Crippen molar-refractivity contribution < 1.29 is 4.79 Å². The van der Waals surface area contributed by atoms with E-state index in [-0.39, 0.29) is 5.91 Å². The highest BCUT2D eigenvalue weighted by atomic mass is 16.2. The van der Waals surface area contributed by atoms with Gasteiger partial charge in [-0.25, -0.2) is 0 Å². The lowest BCUT2D eigenvalue weighted by Gasteiger charge is -2.29. The van der Waals surface area contributed by atoms with Gasteiger partial charge in [0.1, 0.15) is 0 Å². The van der Waals surface area contributed by atoms with Gasteiger partial charge >= 0.3 is 0 Å². The van der Waals surface area contributed by atoms with Gasteiger partial charge in [-0.05, 0) is 43.7 Å². The Balaban J connectivity index is 1.88. The number of hydrogen-bond acceptors (Lipinski definition) is 2. The second kappa shape index (κ2) is 6.01. The van der Waals surface area contributed by atoms with Crippen LogP contribution in [0, 0.1) is 5.92 Å². The van der Waals surface area contributed by atoms with Crippen molar-refractivity contribution in [2.75, 3.05) is 13.6 Å². The van der Waals surface area contributed by atoms with Crippen molar-refractivity contribution in [2.45, 2.75) is 31.7 Å². The maximum atomic E-state index is 12.2. The molecule has 0 unspecified atom stereocenters. The zero-order valence-corrected chi connectivity index (χ0v) is 11.0. The first-order valence-corrected chi connectivity index (χ1v) is 6.73. The summed E-state index contributed by atoms with van der Waals surface area (Å²) >= 11 is 0. The number of benzene rings is 1. The molecule has 1 aromatic carbocycles. The Hall–Kier alpha value is -1.35. The van der Waals surface area contributed by atoms with Crippen molar-refractivity contribution in [3.8, 4) is 0 Å². The van der Waals surface area contributed by atoms with Crippen molar-refractivity contribution in [1.82, 2.24) is 4.90 Å². The van der Waals surface area contributed by atoms with Gasteiger partial charge in [0.25, 0.3) is 5.91 Å². The van der Waals surface area contributed by atoms with E-state index in [1.807, 2.05) is 42.3 Å². The fraction of sp³-hybridized carbons (Fsp3) is 0.533. The van der Waals surface area contributed by atoms with Crippen LogP contribution < -0.4 is 5.73 Å². The predicted octanol–water partition coefficient (Wildman–Crippen LogP) is 2.28. The van der Waals surface area contributed by atoms with Gasteiger partial charge in [0.2, 0.25) is 0 Å². The monoisotopic (exact) mass is 246 g/mol. The molecule has 1 aromatic rings. The third-order valence-electron chi connectivity index (χ3n) is 3.79. The Morgan fingerprint density at radius 3 is 2.44 bits per heavy atom. The zero-order chi connectivity index (χ0) is 13.0. The lowest BCUT2D eigenvalue weighted by molar-refractivity contribution is 0.0759. The van der Waals surface area contributed by atoms with Crippen LogP contribution in [0.2, 0.25) is 0 Å². The van der Waals surface area contributed by atoms with Crippen molar-refractivity contribution in [3.63, 3.8) is 0 Å². The van der Waals surface area contributed by atoms with Crippen LogP contribution in [0.3, 0.4) is 0 Å². The van der Waals surface area contributed by atoms with E-state index in [4.69, 9.17) is 5.73 Å². The Labute approximate surface area is 109 Å². The molecular formula is C15H22N2O. The van der Waals surface area contributed by atoms with Gasteiger partial charge in [0.05, 0.1) is 0 Å². The van der Waals surface area contributed by atoms with Crippen LogP contribution in [0.25, 0.3) is 0 Å². The summed E-state index contributed by atoms with van der Waals surface area (Å²) in [5.41, 5.74) is 6.67. The molecule has 3 heteroatoms. The molecule has 0 radical (unpaired) electrons. The number of hydrogen-bond donors (Lipinski definition) is 1. The largest absolute Gasteiger partial charge is 0.341 e. The number of nitrogens with zero attached hydrogens (tertiary/aromatic N) is 1. The maximum Gasteiger partial charge on any atom is 0.253 e. The Morgan fingerprint density at radius 2 is 1.83 bits per heavy atom.